The maximum atomic E-state index is 13.5. The Morgan fingerprint density at radius 3 is 2.33 bits per heavy atom. The molecule has 5 nitrogen and oxygen atoms in total. The van der Waals surface area contributed by atoms with Crippen molar-refractivity contribution < 1.29 is 26.3 Å². The molecule has 0 radical (unpaired) electrons. The number of hydrogen-bond acceptors (Lipinski definition) is 5. The molecule has 0 spiro atoms. The monoisotopic (exact) mass is 551 g/mol. The van der Waals surface area contributed by atoms with E-state index in [0.29, 0.717) is 40.3 Å². The van der Waals surface area contributed by atoms with Crippen molar-refractivity contribution in [3.8, 4) is 0 Å². The number of rotatable bonds is 12. The minimum atomic E-state index is -4.54. The highest BCUT2D eigenvalue weighted by Gasteiger charge is 2.33. The third kappa shape index (κ3) is 8.98. The molecule has 0 aliphatic rings. The summed E-state index contributed by atoms with van der Waals surface area (Å²) in [7, 11) is 0. The molecule has 0 atom stereocenters. The van der Waals surface area contributed by atoms with Crippen LogP contribution in [0, 0.1) is 0 Å². The quantitative estimate of drug-likeness (QED) is 0.123. The summed E-state index contributed by atoms with van der Waals surface area (Å²) in [6.45, 7) is 3.19. The van der Waals surface area contributed by atoms with E-state index in [0.717, 1.165) is 62.7 Å². The van der Waals surface area contributed by atoms with Crippen molar-refractivity contribution in [3.63, 3.8) is 0 Å². The lowest BCUT2D eigenvalue weighted by Crippen LogP contribution is -2.17. The number of nitrogens with two attached hydrogens (primary N) is 1. The summed E-state index contributed by atoms with van der Waals surface area (Å²) in [4.78, 5) is 9.10. The second-order valence-corrected chi connectivity index (χ2v) is 9.03. The SMILES string of the molecule is CCCCCCNCc1nc(Nc2ccc(C(F)(F)F)cc2)c2ccc(C/C(=C\C=C/N)C(F)(F)F)cc2n1. The van der Waals surface area contributed by atoms with Gasteiger partial charge < -0.3 is 16.4 Å². The molecule has 1 aromatic heterocycles. The van der Waals surface area contributed by atoms with Gasteiger partial charge in [-0.2, -0.15) is 26.3 Å². The molecule has 11 heteroatoms. The number of hydrogen-bond donors (Lipinski definition) is 3. The van der Waals surface area contributed by atoms with E-state index in [1.165, 1.54) is 12.1 Å². The Balaban J connectivity index is 1.93. The standard InChI is InChI=1S/C28H31F6N5/c1-2-3-4-5-15-36-18-25-38-24-17-19(16-21(7-6-14-35)28(32,33)34)8-13-23(24)26(39-25)37-22-11-9-20(10-12-22)27(29,30)31/h6-14,17,36H,2-5,15-16,18,35H2,1H3,(H,37,38,39)/b14-6-,21-7+. The van der Waals surface area contributed by atoms with Gasteiger partial charge in [-0.05, 0) is 67.2 Å². The predicted molar refractivity (Wildman–Crippen MR) is 141 cm³/mol. The van der Waals surface area contributed by atoms with Gasteiger partial charge >= 0.3 is 12.4 Å². The smallest absolute Gasteiger partial charge is 0.405 e. The Morgan fingerprint density at radius 1 is 0.949 bits per heavy atom. The molecule has 3 rings (SSSR count). The minimum absolute atomic E-state index is 0.322. The minimum Gasteiger partial charge on any atom is -0.405 e. The molecule has 0 amide bonds. The first-order valence-corrected chi connectivity index (χ1v) is 12.6. The van der Waals surface area contributed by atoms with Crippen LogP contribution in [0.2, 0.25) is 0 Å². The number of unbranched alkanes of at least 4 members (excludes halogenated alkanes) is 3. The first-order chi connectivity index (χ1) is 18.5. The van der Waals surface area contributed by atoms with Crippen molar-refractivity contribution in [1.82, 2.24) is 15.3 Å². The molecule has 4 N–H and O–H groups in total. The van der Waals surface area contributed by atoms with Crippen LogP contribution in [0.3, 0.4) is 0 Å². The van der Waals surface area contributed by atoms with Gasteiger partial charge in [0.1, 0.15) is 11.6 Å². The van der Waals surface area contributed by atoms with Gasteiger partial charge in [0.15, 0.2) is 0 Å². The van der Waals surface area contributed by atoms with Crippen molar-refractivity contribution >= 4 is 22.4 Å². The van der Waals surface area contributed by atoms with Crippen LogP contribution in [0.25, 0.3) is 10.9 Å². The lowest BCUT2D eigenvalue weighted by Gasteiger charge is -2.15. The first-order valence-electron chi connectivity index (χ1n) is 12.6. The van der Waals surface area contributed by atoms with Gasteiger partial charge in [-0.3, -0.25) is 0 Å². The van der Waals surface area contributed by atoms with E-state index in [-0.39, 0.29) is 6.42 Å². The maximum Gasteiger partial charge on any atom is 0.416 e. The Bertz CT molecular complexity index is 1280. The van der Waals surface area contributed by atoms with Crippen LogP contribution in [0.5, 0.6) is 0 Å². The fraction of sp³-hybridized carbons (Fsp3) is 0.357. The van der Waals surface area contributed by atoms with Gasteiger partial charge in [0.05, 0.1) is 17.6 Å². The molecule has 0 saturated heterocycles. The predicted octanol–water partition coefficient (Wildman–Crippen LogP) is 7.57. The highest BCUT2D eigenvalue weighted by atomic mass is 19.4. The van der Waals surface area contributed by atoms with E-state index in [9.17, 15) is 26.3 Å². The highest BCUT2D eigenvalue weighted by Crippen LogP contribution is 2.32. The number of benzene rings is 2. The number of nitrogens with zero attached hydrogens (tertiary/aromatic N) is 2. The van der Waals surface area contributed by atoms with Crippen molar-refractivity contribution in [3.05, 3.63) is 83.3 Å². The zero-order valence-corrected chi connectivity index (χ0v) is 21.5. The van der Waals surface area contributed by atoms with E-state index < -0.39 is 23.5 Å². The van der Waals surface area contributed by atoms with E-state index in [2.05, 4.69) is 27.5 Å². The average Bonchev–Trinajstić information content (AvgIpc) is 2.87. The lowest BCUT2D eigenvalue weighted by atomic mass is 10.0. The Kier molecular flexibility index (Phi) is 10.3. The second-order valence-electron chi connectivity index (χ2n) is 9.03. The third-order valence-electron chi connectivity index (χ3n) is 5.94. The molecule has 1 heterocycles. The van der Waals surface area contributed by atoms with Crippen LogP contribution in [0.1, 0.15) is 49.6 Å². The molecule has 3 aromatic rings. The Morgan fingerprint density at radius 2 is 1.69 bits per heavy atom. The van der Waals surface area contributed by atoms with E-state index in [4.69, 9.17) is 5.73 Å². The van der Waals surface area contributed by atoms with Crippen molar-refractivity contribution in [1.29, 1.82) is 0 Å². The molecule has 39 heavy (non-hydrogen) atoms. The average molecular weight is 552 g/mol. The van der Waals surface area contributed by atoms with Gasteiger partial charge in [0, 0.05) is 23.1 Å². The van der Waals surface area contributed by atoms with Crippen LogP contribution in [-0.4, -0.2) is 22.7 Å². The molecule has 0 fully saturated rings. The van der Waals surface area contributed by atoms with Gasteiger partial charge in [-0.15, -0.1) is 0 Å². The summed E-state index contributed by atoms with van der Waals surface area (Å²) in [6.07, 6.45) is -2.00. The summed E-state index contributed by atoms with van der Waals surface area (Å²) in [6, 6.07) is 9.22. The number of anilines is 2. The van der Waals surface area contributed by atoms with Crippen LogP contribution in [0.4, 0.5) is 37.8 Å². The number of nitrogens with one attached hydrogen (secondary N) is 2. The number of halogens is 6. The van der Waals surface area contributed by atoms with Gasteiger partial charge in [-0.25, -0.2) is 9.97 Å². The number of fused-ring (bicyclic) bond motifs is 1. The van der Waals surface area contributed by atoms with Gasteiger partial charge in [0.25, 0.3) is 0 Å². The van der Waals surface area contributed by atoms with Crippen molar-refractivity contribution in [2.75, 3.05) is 11.9 Å². The lowest BCUT2D eigenvalue weighted by molar-refractivity contribution is -0.137. The van der Waals surface area contributed by atoms with Crippen LogP contribution < -0.4 is 16.4 Å². The van der Waals surface area contributed by atoms with Gasteiger partial charge in [-0.1, -0.05) is 38.3 Å². The largest absolute Gasteiger partial charge is 0.416 e. The molecular formula is C28H31F6N5. The second kappa shape index (κ2) is 13.5. The summed E-state index contributed by atoms with van der Waals surface area (Å²) in [5.41, 5.74) is 4.83. The fourth-order valence-corrected chi connectivity index (χ4v) is 3.91. The number of aromatic nitrogens is 2. The first kappa shape index (κ1) is 29.9. The molecule has 0 aliphatic carbocycles. The van der Waals surface area contributed by atoms with Gasteiger partial charge in [0.2, 0.25) is 0 Å². The van der Waals surface area contributed by atoms with E-state index >= 15 is 0 Å². The zero-order valence-electron chi connectivity index (χ0n) is 21.5. The molecule has 210 valence electrons. The van der Waals surface area contributed by atoms with Crippen LogP contribution >= 0.6 is 0 Å². The molecular weight excluding hydrogens is 520 g/mol. The van der Waals surface area contributed by atoms with Crippen LogP contribution in [-0.2, 0) is 19.1 Å². The number of alkyl halides is 6. The topological polar surface area (TPSA) is 75.9 Å². The third-order valence-corrected chi connectivity index (χ3v) is 5.94. The summed E-state index contributed by atoms with van der Waals surface area (Å²) in [5, 5.41) is 6.83. The summed E-state index contributed by atoms with van der Waals surface area (Å²) >= 11 is 0. The zero-order chi connectivity index (χ0) is 28.5. The normalized spacial score (nSPS) is 12.9. The Hall–Kier alpha value is -3.60. The molecule has 0 bridgehead atoms. The molecule has 0 saturated carbocycles. The van der Waals surface area contributed by atoms with Crippen molar-refractivity contribution in [2.24, 2.45) is 5.73 Å². The summed E-state index contributed by atoms with van der Waals surface area (Å²) in [5.74, 6) is 0.744. The van der Waals surface area contributed by atoms with Crippen LogP contribution in [0.15, 0.2) is 66.4 Å². The van der Waals surface area contributed by atoms with E-state index in [1.54, 1.807) is 18.2 Å². The summed E-state index contributed by atoms with van der Waals surface area (Å²) < 4.78 is 79.4. The van der Waals surface area contributed by atoms with E-state index in [1.807, 2.05) is 0 Å². The highest BCUT2D eigenvalue weighted by molar-refractivity contribution is 5.91. The molecule has 0 aliphatic heterocycles. The maximum absolute atomic E-state index is 13.5. The fourth-order valence-electron chi connectivity index (χ4n) is 3.91. The number of allylic oxidation sites excluding steroid dienone is 3. The Labute approximate surface area is 223 Å². The molecule has 0 unspecified atom stereocenters. The molecule has 2 aromatic carbocycles. The van der Waals surface area contributed by atoms with Crippen molar-refractivity contribution in [2.45, 2.75) is 57.9 Å².